The summed E-state index contributed by atoms with van der Waals surface area (Å²) in [5, 5.41) is 3.20. The summed E-state index contributed by atoms with van der Waals surface area (Å²) in [6.45, 7) is 6.29. The lowest BCUT2D eigenvalue weighted by Crippen LogP contribution is -2.33. The van der Waals surface area contributed by atoms with Crippen LogP contribution in [0.25, 0.3) is 0 Å². The van der Waals surface area contributed by atoms with Crippen molar-refractivity contribution in [1.29, 1.82) is 0 Å². The van der Waals surface area contributed by atoms with Crippen LogP contribution in [0.15, 0.2) is 6.07 Å². The number of sulfone groups is 1. The summed E-state index contributed by atoms with van der Waals surface area (Å²) in [4.78, 5) is 11.3. The molecule has 1 aromatic heterocycles. The number of aromatic nitrogens is 2. The molecule has 0 spiro atoms. The molecule has 0 bridgehead atoms. The minimum Gasteiger partial charge on any atom is -0.356 e. The zero-order valence-corrected chi connectivity index (χ0v) is 14.1. The Labute approximate surface area is 132 Å². The lowest BCUT2D eigenvalue weighted by molar-refractivity contribution is 0.436. The molecule has 1 aromatic rings. The average molecular weight is 324 g/mol. The topological polar surface area (TPSA) is 75.2 Å². The number of aryl methyl sites for hydroxylation is 1. The van der Waals surface area contributed by atoms with Gasteiger partial charge in [0.15, 0.2) is 9.84 Å². The number of piperidine rings is 1. The first-order valence-electron chi connectivity index (χ1n) is 7.99. The fraction of sp³-hybridized carbons (Fsp3) is 0.733. The second kappa shape index (κ2) is 6.02. The predicted octanol–water partition coefficient (Wildman–Crippen LogP) is 1.62. The second-order valence-electron chi connectivity index (χ2n) is 6.60. The molecule has 1 N–H and O–H groups in total. The van der Waals surface area contributed by atoms with Crippen molar-refractivity contribution < 1.29 is 8.42 Å². The van der Waals surface area contributed by atoms with Gasteiger partial charge in [0.25, 0.3) is 0 Å². The van der Waals surface area contributed by atoms with E-state index in [4.69, 9.17) is 0 Å². The number of hydrogen-bond acceptors (Lipinski definition) is 6. The normalized spacial score (nSPS) is 25.4. The van der Waals surface area contributed by atoms with Crippen LogP contribution in [0.3, 0.4) is 0 Å². The molecular weight excluding hydrogens is 300 g/mol. The van der Waals surface area contributed by atoms with Gasteiger partial charge in [-0.2, -0.15) is 4.98 Å². The highest BCUT2D eigenvalue weighted by molar-refractivity contribution is 7.91. The average Bonchev–Trinajstić information content (AvgIpc) is 2.78. The maximum atomic E-state index is 11.6. The fourth-order valence-corrected chi connectivity index (χ4v) is 4.78. The second-order valence-corrected chi connectivity index (χ2v) is 8.83. The van der Waals surface area contributed by atoms with Gasteiger partial charge in [-0.1, -0.05) is 6.92 Å². The molecule has 3 rings (SSSR count). The Morgan fingerprint density at radius 3 is 2.59 bits per heavy atom. The highest BCUT2D eigenvalue weighted by Gasteiger charge is 2.28. The Kier molecular flexibility index (Phi) is 4.25. The minimum atomic E-state index is -2.89. The van der Waals surface area contributed by atoms with Crippen molar-refractivity contribution in [2.75, 3.05) is 34.8 Å². The monoisotopic (exact) mass is 324 g/mol. The van der Waals surface area contributed by atoms with Gasteiger partial charge in [-0.25, -0.2) is 13.4 Å². The Morgan fingerprint density at radius 1 is 1.23 bits per heavy atom. The van der Waals surface area contributed by atoms with Crippen molar-refractivity contribution in [3.63, 3.8) is 0 Å². The first kappa shape index (κ1) is 15.5. The predicted molar refractivity (Wildman–Crippen MR) is 88.1 cm³/mol. The third kappa shape index (κ3) is 3.69. The summed E-state index contributed by atoms with van der Waals surface area (Å²) in [5.74, 6) is 2.72. The van der Waals surface area contributed by atoms with E-state index in [1.54, 1.807) is 0 Å². The largest absolute Gasteiger partial charge is 0.356 e. The van der Waals surface area contributed by atoms with Crippen LogP contribution >= 0.6 is 0 Å². The van der Waals surface area contributed by atoms with Gasteiger partial charge in [-0.3, -0.25) is 0 Å². The standard InChI is InChI=1S/C15H24N4O2S/c1-11-3-6-19(7-4-11)14-9-12(2)16-15(18-14)17-13-5-8-22(20,21)10-13/h9,11,13H,3-8,10H2,1-2H3,(H,16,17,18). The molecule has 2 aliphatic heterocycles. The van der Waals surface area contributed by atoms with Gasteiger partial charge in [0.05, 0.1) is 11.5 Å². The van der Waals surface area contributed by atoms with Crippen LogP contribution < -0.4 is 10.2 Å². The maximum Gasteiger partial charge on any atom is 0.225 e. The van der Waals surface area contributed by atoms with E-state index in [1.807, 2.05) is 13.0 Å². The van der Waals surface area contributed by atoms with Gasteiger partial charge in [0, 0.05) is 30.9 Å². The van der Waals surface area contributed by atoms with Crippen LogP contribution in [0, 0.1) is 12.8 Å². The zero-order chi connectivity index (χ0) is 15.7. The Morgan fingerprint density at radius 2 is 1.95 bits per heavy atom. The van der Waals surface area contributed by atoms with Crippen molar-refractivity contribution in [1.82, 2.24) is 9.97 Å². The summed E-state index contributed by atoms with van der Waals surface area (Å²) in [6, 6.07) is 1.94. The minimum absolute atomic E-state index is 0.0685. The molecule has 3 heterocycles. The lowest BCUT2D eigenvalue weighted by atomic mass is 9.99. The molecule has 6 nitrogen and oxygen atoms in total. The van der Waals surface area contributed by atoms with E-state index in [1.165, 1.54) is 12.8 Å². The van der Waals surface area contributed by atoms with Gasteiger partial charge in [0.2, 0.25) is 5.95 Å². The summed E-state index contributed by atoms with van der Waals surface area (Å²) in [5.41, 5.74) is 0.909. The number of nitrogens with zero attached hydrogens (tertiary/aromatic N) is 3. The van der Waals surface area contributed by atoms with Gasteiger partial charge in [0.1, 0.15) is 5.82 Å². The highest BCUT2D eigenvalue weighted by atomic mass is 32.2. The Bertz CT molecular complexity index is 639. The van der Waals surface area contributed by atoms with Crippen LogP contribution in [-0.2, 0) is 9.84 Å². The molecule has 7 heteroatoms. The van der Waals surface area contributed by atoms with E-state index in [0.29, 0.717) is 12.4 Å². The molecule has 0 saturated carbocycles. The van der Waals surface area contributed by atoms with Crippen molar-refractivity contribution in [2.45, 2.75) is 39.2 Å². The maximum absolute atomic E-state index is 11.6. The number of rotatable bonds is 3. The quantitative estimate of drug-likeness (QED) is 0.910. The van der Waals surface area contributed by atoms with E-state index < -0.39 is 9.84 Å². The molecule has 1 atom stereocenters. The number of anilines is 2. The Hall–Kier alpha value is -1.37. The van der Waals surface area contributed by atoms with E-state index in [2.05, 4.69) is 27.1 Å². The molecule has 122 valence electrons. The van der Waals surface area contributed by atoms with Crippen molar-refractivity contribution in [3.8, 4) is 0 Å². The first-order valence-corrected chi connectivity index (χ1v) is 9.81. The molecule has 22 heavy (non-hydrogen) atoms. The number of hydrogen-bond donors (Lipinski definition) is 1. The summed E-state index contributed by atoms with van der Waals surface area (Å²) in [6.07, 6.45) is 3.01. The molecule has 2 fully saturated rings. The molecule has 0 aliphatic carbocycles. The molecule has 2 saturated heterocycles. The van der Waals surface area contributed by atoms with Crippen molar-refractivity contribution in [3.05, 3.63) is 11.8 Å². The lowest BCUT2D eigenvalue weighted by Gasteiger charge is -2.31. The van der Waals surface area contributed by atoms with Crippen LogP contribution in [0.4, 0.5) is 11.8 Å². The molecule has 0 amide bonds. The first-order chi connectivity index (χ1) is 10.4. The smallest absolute Gasteiger partial charge is 0.225 e. The highest BCUT2D eigenvalue weighted by Crippen LogP contribution is 2.23. The van der Waals surface area contributed by atoms with E-state index in [-0.39, 0.29) is 17.5 Å². The van der Waals surface area contributed by atoms with Gasteiger partial charge in [-0.05, 0) is 32.1 Å². The van der Waals surface area contributed by atoms with Gasteiger partial charge in [-0.15, -0.1) is 0 Å². The van der Waals surface area contributed by atoms with Crippen LogP contribution in [0.5, 0.6) is 0 Å². The fourth-order valence-electron chi connectivity index (χ4n) is 3.11. The van der Waals surface area contributed by atoms with Crippen molar-refractivity contribution in [2.24, 2.45) is 5.92 Å². The van der Waals surface area contributed by atoms with Gasteiger partial charge < -0.3 is 10.2 Å². The summed E-state index contributed by atoms with van der Waals surface area (Å²) in [7, 11) is -2.89. The zero-order valence-electron chi connectivity index (χ0n) is 13.2. The third-order valence-corrected chi connectivity index (χ3v) is 6.28. The molecule has 1 unspecified atom stereocenters. The molecule has 2 aliphatic rings. The Balaban J connectivity index is 1.73. The third-order valence-electron chi connectivity index (χ3n) is 4.51. The van der Waals surface area contributed by atoms with E-state index in [0.717, 1.165) is 30.5 Å². The van der Waals surface area contributed by atoms with Crippen LogP contribution in [0.1, 0.15) is 31.9 Å². The van der Waals surface area contributed by atoms with E-state index >= 15 is 0 Å². The molecular formula is C15H24N4O2S. The summed E-state index contributed by atoms with van der Waals surface area (Å²) >= 11 is 0. The van der Waals surface area contributed by atoms with Crippen LogP contribution in [0.2, 0.25) is 0 Å². The summed E-state index contributed by atoms with van der Waals surface area (Å²) < 4.78 is 23.1. The van der Waals surface area contributed by atoms with Crippen molar-refractivity contribution >= 4 is 21.6 Å². The molecule has 0 aromatic carbocycles. The van der Waals surface area contributed by atoms with E-state index in [9.17, 15) is 8.42 Å². The van der Waals surface area contributed by atoms with Gasteiger partial charge >= 0.3 is 0 Å². The SMILES string of the molecule is Cc1cc(N2CCC(C)CC2)nc(NC2CCS(=O)(=O)C2)n1. The van der Waals surface area contributed by atoms with Crippen LogP contribution in [-0.4, -0.2) is 49.0 Å². The number of nitrogens with one attached hydrogen (secondary N) is 1. The molecule has 0 radical (unpaired) electrons.